The van der Waals surface area contributed by atoms with Gasteiger partial charge in [0, 0.05) is 44.9 Å². The van der Waals surface area contributed by atoms with Gasteiger partial charge in [-0.2, -0.15) is 18.2 Å². The third-order valence-electron chi connectivity index (χ3n) is 4.77. The first-order valence-corrected chi connectivity index (χ1v) is 10.3. The molecule has 6 nitrogen and oxygen atoms in total. The van der Waals surface area contributed by atoms with Crippen LogP contribution in [0.3, 0.4) is 0 Å². The van der Waals surface area contributed by atoms with Crippen LogP contribution in [-0.4, -0.2) is 69.3 Å². The van der Waals surface area contributed by atoms with Crippen molar-refractivity contribution in [3.8, 4) is 0 Å². The van der Waals surface area contributed by atoms with E-state index in [1.807, 2.05) is 16.7 Å². The lowest BCUT2D eigenvalue weighted by molar-refractivity contribution is -0.0876. The van der Waals surface area contributed by atoms with E-state index in [1.54, 1.807) is 27.0 Å². The van der Waals surface area contributed by atoms with Gasteiger partial charge in [0.05, 0.1) is 31.1 Å². The minimum absolute atomic E-state index is 0.0744. The van der Waals surface area contributed by atoms with Crippen molar-refractivity contribution in [2.24, 2.45) is 0 Å². The average molecular weight is 441 g/mol. The molecule has 0 radical (unpaired) electrons. The normalized spacial score (nSPS) is 15.4. The van der Waals surface area contributed by atoms with Gasteiger partial charge in [0.15, 0.2) is 0 Å². The highest BCUT2D eigenvalue weighted by Crippen LogP contribution is 2.35. The molecule has 0 atom stereocenters. The van der Waals surface area contributed by atoms with Gasteiger partial charge in [-0.3, -0.25) is 0 Å². The predicted octanol–water partition coefficient (Wildman–Crippen LogP) is 4.25. The van der Waals surface area contributed by atoms with E-state index in [1.165, 1.54) is 6.08 Å². The van der Waals surface area contributed by atoms with Crippen molar-refractivity contribution >= 4 is 17.3 Å². The van der Waals surface area contributed by atoms with Crippen molar-refractivity contribution in [1.82, 2.24) is 9.97 Å². The Kier molecular flexibility index (Phi) is 9.06. The number of rotatable bonds is 9. The molecule has 1 aromatic rings. The number of hydrogen-bond acceptors (Lipinski definition) is 6. The summed E-state index contributed by atoms with van der Waals surface area (Å²) in [5, 5.41) is 0. The quantitative estimate of drug-likeness (QED) is 0.535. The first-order chi connectivity index (χ1) is 14.7. The summed E-state index contributed by atoms with van der Waals surface area (Å²) in [6.45, 7) is 12.7. The van der Waals surface area contributed by atoms with Gasteiger partial charge >= 0.3 is 6.18 Å². The van der Waals surface area contributed by atoms with Gasteiger partial charge in [-0.1, -0.05) is 24.3 Å². The SMILES string of the molecule is C=CC(=C(C=C(C)C)C(F)(F)F)c1cc(N2CCOCC2)nc(N(CC)CCOC)n1. The minimum atomic E-state index is -4.55. The summed E-state index contributed by atoms with van der Waals surface area (Å²) < 4.78 is 52.3. The van der Waals surface area contributed by atoms with E-state index in [2.05, 4.69) is 16.5 Å². The van der Waals surface area contributed by atoms with E-state index in [0.29, 0.717) is 63.3 Å². The first kappa shape index (κ1) is 24.9. The lowest BCUT2D eigenvalue weighted by Gasteiger charge is -2.30. The lowest BCUT2D eigenvalue weighted by Crippen LogP contribution is -2.37. The number of nitrogens with zero attached hydrogens (tertiary/aromatic N) is 4. The Morgan fingerprint density at radius 3 is 2.48 bits per heavy atom. The van der Waals surface area contributed by atoms with Crippen molar-refractivity contribution in [2.45, 2.75) is 26.9 Å². The second-order valence-corrected chi connectivity index (χ2v) is 7.33. The number of allylic oxidation sites excluding steroid dienone is 5. The molecule has 0 spiro atoms. The fourth-order valence-corrected chi connectivity index (χ4v) is 3.21. The molecule has 0 N–H and O–H groups in total. The van der Waals surface area contributed by atoms with Crippen molar-refractivity contribution in [3.05, 3.63) is 41.6 Å². The van der Waals surface area contributed by atoms with Crippen LogP contribution in [0.15, 0.2) is 35.9 Å². The highest BCUT2D eigenvalue weighted by atomic mass is 19.4. The topological polar surface area (TPSA) is 50.7 Å². The smallest absolute Gasteiger partial charge is 0.383 e. The zero-order valence-corrected chi connectivity index (χ0v) is 18.6. The minimum Gasteiger partial charge on any atom is -0.383 e. The Morgan fingerprint density at radius 1 is 1.29 bits per heavy atom. The van der Waals surface area contributed by atoms with Crippen LogP contribution in [-0.2, 0) is 9.47 Å². The molecule has 1 fully saturated rings. The van der Waals surface area contributed by atoms with Crippen LogP contribution in [0.4, 0.5) is 24.9 Å². The Bertz CT molecular complexity index is 811. The number of ether oxygens (including phenoxy) is 2. The van der Waals surface area contributed by atoms with Crippen molar-refractivity contribution in [3.63, 3.8) is 0 Å². The molecule has 2 rings (SSSR count). The maximum Gasteiger partial charge on any atom is 0.417 e. The highest BCUT2D eigenvalue weighted by molar-refractivity contribution is 5.79. The zero-order valence-electron chi connectivity index (χ0n) is 18.6. The first-order valence-electron chi connectivity index (χ1n) is 10.3. The van der Waals surface area contributed by atoms with E-state index >= 15 is 0 Å². The number of hydrogen-bond donors (Lipinski definition) is 0. The average Bonchev–Trinajstić information content (AvgIpc) is 2.74. The zero-order chi connectivity index (χ0) is 23.0. The summed E-state index contributed by atoms with van der Waals surface area (Å²) in [7, 11) is 1.60. The summed E-state index contributed by atoms with van der Waals surface area (Å²) in [5.74, 6) is 0.925. The number of alkyl halides is 3. The Balaban J connectivity index is 2.70. The van der Waals surface area contributed by atoms with Crippen LogP contribution >= 0.6 is 0 Å². The Labute approximate surface area is 182 Å². The summed E-state index contributed by atoms with van der Waals surface area (Å²) in [6, 6.07) is 1.60. The number of likely N-dealkylation sites (N-methyl/N-ethyl adjacent to an activating group) is 1. The van der Waals surface area contributed by atoms with Gasteiger partial charge in [0.25, 0.3) is 0 Å². The van der Waals surface area contributed by atoms with Crippen LogP contribution in [0.5, 0.6) is 0 Å². The highest BCUT2D eigenvalue weighted by Gasteiger charge is 2.35. The third-order valence-corrected chi connectivity index (χ3v) is 4.77. The maximum absolute atomic E-state index is 13.9. The van der Waals surface area contributed by atoms with E-state index in [0.717, 1.165) is 6.08 Å². The second kappa shape index (κ2) is 11.3. The molecule has 0 amide bonds. The van der Waals surface area contributed by atoms with Gasteiger partial charge in [-0.25, -0.2) is 4.98 Å². The van der Waals surface area contributed by atoms with Crippen LogP contribution in [0, 0.1) is 0 Å². The van der Waals surface area contributed by atoms with Crippen LogP contribution in [0.25, 0.3) is 5.57 Å². The van der Waals surface area contributed by atoms with Crippen molar-refractivity contribution < 1.29 is 22.6 Å². The third kappa shape index (κ3) is 6.80. The van der Waals surface area contributed by atoms with Gasteiger partial charge in [0.2, 0.25) is 5.95 Å². The summed E-state index contributed by atoms with van der Waals surface area (Å²) in [5.41, 5.74) is -0.138. The van der Waals surface area contributed by atoms with Gasteiger partial charge in [-0.15, -0.1) is 0 Å². The Morgan fingerprint density at radius 2 is 1.97 bits per heavy atom. The second-order valence-electron chi connectivity index (χ2n) is 7.33. The molecule has 31 heavy (non-hydrogen) atoms. The molecule has 0 aliphatic carbocycles. The van der Waals surface area contributed by atoms with Crippen LogP contribution in [0.1, 0.15) is 26.5 Å². The van der Waals surface area contributed by atoms with Gasteiger partial charge in [-0.05, 0) is 20.8 Å². The number of anilines is 2. The molecule has 0 saturated carbocycles. The van der Waals surface area contributed by atoms with Gasteiger partial charge < -0.3 is 19.3 Å². The molecule has 1 aliphatic heterocycles. The number of methoxy groups -OCH3 is 1. The molecule has 0 unspecified atom stereocenters. The fourth-order valence-electron chi connectivity index (χ4n) is 3.21. The molecule has 1 aromatic heterocycles. The largest absolute Gasteiger partial charge is 0.417 e. The molecular weight excluding hydrogens is 409 g/mol. The standard InChI is InChI=1S/C22H31F3N4O2/c1-6-17(18(14-16(3)4)22(23,24)25)19-15-20(29-9-12-31-13-10-29)27-21(26-19)28(7-2)8-11-30-5/h6,14-15H,1,7-13H2,2-5H3. The van der Waals surface area contributed by atoms with Crippen LogP contribution < -0.4 is 9.80 Å². The van der Waals surface area contributed by atoms with Crippen LogP contribution in [0.2, 0.25) is 0 Å². The molecule has 0 aromatic carbocycles. The predicted molar refractivity (Wildman–Crippen MR) is 117 cm³/mol. The maximum atomic E-state index is 13.9. The summed E-state index contributed by atoms with van der Waals surface area (Å²) >= 11 is 0. The molecule has 0 bridgehead atoms. The molecule has 2 heterocycles. The molecule has 9 heteroatoms. The monoisotopic (exact) mass is 440 g/mol. The molecule has 1 aliphatic rings. The number of morpholine rings is 1. The van der Waals surface area contributed by atoms with E-state index in [4.69, 9.17) is 9.47 Å². The van der Waals surface area contributed by atoms with Gasteiger partial charge in [0.1, 0.15) is 5.82 Å². The summed E-state index contributed by atoms with van der Waals surface area (Å²) in [6.07, 6.45) is -2.22. The van der Waals surface area contributed by atoms with E-state index in [-0.39, 0.29) is 11.3 Å². The Hall–Kier alpha value is -2.39. The number of halogens is 3. The molecular formula is C22H31F3N4O2. The fraction of sp³-hybridized carbons (Fsp3) is 0.545. The van der Waals surface area contributed by atoms with E-state index < -0.39 is 11.7 Å². The summed E-state index contributed by atoms with van der Waals surface area (Å²) in [4.78, 5) is 13.0. The van der Waals surface area contributed by atoms with E-state index in [9.17, 15) is 13.2 Å². The molecule has 172 valence electrons. The molecule has 1 saturated heterocycles. The lowest BCUT2D eigenvalue weighted by atomic mass is 10.0. The van der Waals surface area contributed by atoms with Crippen molar-refractivity contribution in [1.29, 1.82) is 0 Å². The van der Waals surface area contributed by atoms with Crippen molar-refractivity contribution in [2.75, 3.05) is 62.9 Å². The number of aromatic nitrogens is 2.